The van der Waals surface area contributed by atoms with Crippen LogP contribution < -0.4 is 14.2 Å². The molecule has 3 rings (SSSR count). The van der Waals surface area contributed by atoms with Crippen LogP contribution in [0.3, 0.4) is 0 Å². The van der Waals surface area contributed by atoms with Crippen LogP contribution in [-0.2, 0) is 19.5 Å². The maximum atomic E-state index is 5.43. The third-order valence-corrected chi connectivity index (χ3v) is 4.34. The van der Waals surface area contributed by atoms with Crippen LogP contribution in [-0.4, -0.2) is 32.8 Å². The average molecular weight is 313 g/mol. The van der Waals surface area contributed by atoms with E-state index in [1.807, 2.05) is 12.1 Å². The van der Waals surface area contributed by atoms with Gasteiger partial charge in [-0.3, -0.25) is 4.90 Å². The van der Waals surface area contributed by atoms with Gasteiger partial charge in [-0.25, -0.2) is 0 Å². The van der Waals surface area contributed by atoms with Crippen molar-refractivity contribution in [2.75, 3.05) is 27.9 Å². The van der Waals surface area contributed by atoms with Gasteiger partial charge in [-0.05, 0) is 47.4 Å². The van der Waals surface area contributed by atoms with E-state index in [9.17, 15) is 0 Å². The minimum Gasteiger partial charge on any atom is -0.497 e. The molecule has 0 aliphatic carbocycles. The van der Waals surface area contributed by atoms with Crippen molar-refractivity contribution < 1.29 is 14.2 Å². The van der Waals surface area contributed by atoms with E-state index < -0.39 is 0 Å². The van der Waals surface area contributed by atoms with Crippen molar-refractivity contribution in [2.24, 2.45) is 0 Å². The lowest BCUT2D eigenvalue weighted by Crippen LogP contribution is -2.30. The lowest BCUT2D eigenvalue weighted by Gasteiger charge is -2.29. The molecule has 2 aromatic carbocycles. The summed E-state index contributed by atoms with van der Waals surface area (Å²) in [7, 11) is 5.07. The minimum absolute atomic E-state index is 0.800. The standard InChI is InChI=1S/C19H23NO3/c1-21-17-6-4-5-14(9-17)12-20-8-7-15-10-18(22-2)19(23-3)11-16(15)13-20/h4-6,9-11H,7-8,12-13H2,1-3H3. The molecule has 0 amide bonds. The molecule has 0 saturated heterocycles. The predicted octanol–water partition coefficient (Wildman–Crippen LogP) is 3.27. The molecule has 0 radical (unpaired) electrons. The van der Waals surface area contributed by atoms with E-state index in [4.69, 9.17) is 14.2 Å². The molecule has 23 heavy (non-hydrogen) atoms. The highest BCUT2D eigenvalue weighted by Crippen LogP contribution is 2.33. The van der Waals surface area contributed by atoms with Gasteiger partial charge in [0.25, 0.3) is 0 Å². The number of hydrogen-bond acceptors (Lipinski definition) is 4. The number of nitrogens with zero attached hydrogens (tertiary/aromatic N) is 1. The van der Waals surface area contributed by atoms with E-state index in [0.29, 0.717) is 0 Å². The number of benzene rings is 2. The van der Waals surface area contributed by atoms with Gasteiger partial charge in [0.05, 0.1) is 21.3 Å². The number of ether oxygens (including phenoxy) is 3. The third kappa shape index (κ3) is 3.42. The molecule has 0 unspecified atom stereocenters. The van der Waals surface area contributed by atoms with Crippen molar-refractivity contribution >= 4 is 0 Å². The smallest absolute Gasteiger partial charge is 0.161 e. The Morgan fingerprint density at radius 1 is 0.913 bits per heavy atom. The summed E-state index contributed by atoms with van der Waals surface area (Å²) in [6.07, 6.45) is 1.03. The maximum Gasteiger partial charge on any atom is 0.161 e. The summed E-state index contributed by atoms with van der Waals surface area (Å²) in [4.78, 5) is 2.45. The molecule has 4 nitrogen and oxygen atoms in total. The average Bonchev–Trinajstić information content (AvgIpc) is 2.60. The number of methoxy groups -OCH3 is 3. The van der Waals surface area contributed by atoms with E-state index in [1.165, 1.54) is 16.7 Å². The molecule has 0 aromatic heterocycles. The van der Waals surface area contributed by atoms with Crippen molar-refractivity contribution in [1.82, 2.24) is 4.90 Å². The maximum absolute atomic E-state index is 5.43. The van der Waals surface area contributed by atoms with Crippen molar-refractivity contribution in [2.45, 2.75) is 19.5 Å². The van der Waals surface area contributed by atoms with Crippen LogP contribution in [0.2, 0.25) is 0 Å². The van der Waals surface area contributed by atoms with Crippen molar-refractivity contribution in [3.8, 4) is 17.2 Å². The first-order valence-corrected chi connectivity index (χ1v) is 7.82. The molecular weight excluding hydrogens is 290 g/mol. The predicted molar refractivity (Wildman–Crippen MR) is 90.4 cm³/mol. The summed E-state index contributed by atoms with van der Waals surface area (Å²) in [6.45, 7) is 2.89. The van der Waals surface area contributed by atoms with Gasteiger partial charge in [0, 0.05) is 19.6 Å². The Labute approximate surface area is 137 Å². The Balaban J connectivity index is 1.76. The zero-order valence-electron chi connectivity index (χ0n) is 14.0. The van der Waals surface area contributed by atoms with Crippen LogP contribution in [0.5, 0.6) is 17.2 Å². The molecular formula is C19H23NO3. The Kier molecular flexibility index (Phi) is 4.72. The highest BCUT2D eigenvalue weighted by molar-refractivity contribution is 5.48. The van der Waals surface area contributed by atoms with Crippen LogP contribution >= 0.6 is 0 Å². The first-order chi connectivity index (χ1) is 11.2. The van der Waals surface area contributed by atoms with Crippen LogP contribution in [0.25, 0.3) is 0 Å². The molecule has 0 fully saturated rings. The second-order valence-corrected chi connectivity index (χ2v) is 5.79. The highest BCUT2D eigenvalue weighted by Gasteiger charge is 2.19. The molecule has 0 spiro atoms. The van der Waals surface area contributed by atoms with E-state index in [2.05, 4.69) is 29.2 Å². The van der Waals surface area contributed by atoms with Crippen LogP contribution in [0.1, 0.15) is 16.7 Å². The van der Waals surface area contributed by atoms with Gasteiger partial charge < -0.3 is 14.2 Å². The Morgan fingerprint density at radius 2 is 1.65 bits per heavy atom. The van der Waals surface area contributed by atoms with Crippen LogP contribution in [0, 0.1) is 0 Å². The van der Waals surface area contributed by atoms with Gasteiger partial charge in [-0.2, -0.15) is 0 Å². The quantitative estimate of drug-likeness (QED) is 0.848. The summed E-state index contributed by atoms with van der Waals surface area (Å²) in [6, 6.07) is 12.5. The number of fused-ring (bicyclic) bond motifs is 1. The molecule has 1 heterocycles. The fourth-order valence-electron chi connectivity index (χ4n) is 3.11. The molecule has 0 N–H and O–H groups in total. The fraction of sp³-hybridized carbons (Fsp3) is 0.368. The summed E-state index contributed by atoms with van der Waals surface area (Å²) in [5, 5.41) is 0. The lowest BCUT2D eigenvalue weighted by atomic mass is 9.98. The van der Waals surface area contributed by atoms with Crippen LogP contribution in [0.15, 0.2) is 36.4 Å². The third-order valence-electron chi connectivity index (χ3n) is 4.34. The van der Waals surface area contributed by atoms with Crippen molar-refractivity contribution in [1.29, 1.82) is 0 Å². The first-order valence-electron chi connectivity index (χ1n) is 7.82. The molecule has 0 bridgehead atoms. The van der Waals surface area contributed by atoms with Gasteiger partial charge in [0.1, 0.15) is 5.75 Å². The summed E-state index contributed by atoms with van der Waals surface area (Å²) < 4.78 is 16.1. The van der Waals surface area contributed by atoms with Gasteiger partial charge in [0.2, 0.25) is 0 Å². The second kappa shape index (κ2) is 6.92. The van der Waals surface area contributed by atoms with Gasteiger partial charge in [0.15, 0.2) is 11.5 Å². The SMILES string of the molecule is COc1cccc(CN2CCc3cc(OC)c(OC)cc3C2)c1. The normalized spacial score (nSPS) is 14.2. The first kappa shape index (κ1) is 15.7. The number of hydrogen-bond donors (Lipinski definition) is 0. The molecule has 122 valence electrons. The zero-order chi connectivity index (χ0) is 16.2. The Bertz CT molecular complexity index is 684. The summed E-state index contributed by atoms with van der Waals surface area (Å²) in [5.41, 5.74) is 3.94. The second-order valence-electron chi connectivity index (χ2n) is 5.79. The lowest BCUT2D eigenvalue weighted by molar-refractivity contribution is 0.244. The molecule has 1 aliphatic rings. The van der Waals surface area contributed by atoms with Gasteiger partial charge >= 0.3 is 0 Å². The Hall–Kier alpha value is -2.20. The van der Waals surface area contributed by atoms with E-state index in [-0.39, 0.29) is 0 Å². The molecule has 4 heteroatoms. The number of rotatable bonds is 5. The highest BCUT2D eigenvalue weighted by atomic mass is 16.5. The van der Waals surface area contributed by atoms with Crippen LogP contribution in [0.4, 0.5) is 0 Å². The van der Waals surface area contributed by atoms with Crippen molar-refractivity contribution in [3.63, 3.8) is 0 Å². The zero-order valence-corrected chi connectivity index (χ0v) is 14.0. The molecule has 0 saturated carbocycles. The fourth-order valence-corrected chi connectivity index (χ4v) is 3.11. The summed E-state index contributed by atoms with van der Waals surface area (Å²) >= 11 is 0. The monoisotopic (exact) mass is 313 g/mol. The van der Waals surface area contributed by atoms with E-state index in [1.54, 1.807) is 21.3 Å². The van der Waals surface area contributed by atoms with E-state index in [0.717, 1.165) is 43.3 Å². The van der Waals surface area contributed by atoms with Crippen molar-refractivity contribution in [3.05, 3.63) is 53.1 Å². The largest absolute Gasteiger partial charge is 0.497 e. The molecule has 1 aliphatic heterocycles. The van der Waals surface area contributed by atoms with E-state index >= 15 is 0 Å². The summed E-state index contributed by atoms with van der Waals surface area (Å²) in [5.74, 6) is 2.52. The van der Waals surface area contributed by atoms with Gasteiger partial charge in [-0.1, -0.05) is 12.1 Å². The Morgan fingerprint density at radius 3 is 2.35 bits per heavy atom. The minimum atomic E-state index is 0.800. The molecule has 0 atom stereocenters. The van der Waals surface area contributed by atoms with Gasteiger partial charge in [-0.15, -0.1) is 0 Å². The topological polar surface area (TPSA) is 30.9 Å². The molecule has 2 aromatic rings.